The van der Waals surface area contributed by atoms with Gasteiger partial charge in [-0.1, -0.05) is 18.2 Å². The van der Waals surface area contributed by atoms with Crippen LogP contribution in [0.2, 0.25) is 0 Å². The van der Waals surface area contributed by atoms with Gasteiger partial charge < -0.3 is 14.2 Å². The van der Waals surface area contributed by atoms with E-state index in [1.807, 2.05) is 0 Å². The summed E-state index contributed by atoms with van der Waals surface area (Å²) < 4.78 is 14.9. The SMILES string of the molecule is CCOC(=O)N(C)C(CC(=O)c1ccc(OC(=O)c2ccccc2)cc1)C(=O)OC. The number of Topliss-reactive ketones (excluding diaryl/α,β-unsaturated/α-hetero) is 1. The van der Waals surface area contributed by atoms with Gasteiger partial charge in [-0.15, -0.1) is 0 Å². The van der Waals surface area contributed by atoms with Gasteiger partial charge in [0.05, 0.1) is 19.3 Å². The number of esters is 2. The Kier molecular flexibility index (Phi) is 8.10. The number of ether oxygens (including phenoxy) is 3. The number of nitrogens with zero attached hydrogens (tertiary/aromatic N) is 1. The highest BCUT2D eigenvalue weighted by Gasteiger charge is 2.31. The van der Waals surface area contributed by atoms with Gasteiger partial charge in [0.1, 0.15) is 11.8 Å². The van der Waals surface area contributed by atoms with Crippen molar-refractivity contribution in [2.24, 2.45) is 0 Å². The highest BCUT2D eigenvalue weighted by Crippen LogP contribution is 2.17. The number of likely N-dealkylation sites (N-methyl/N-ethyl adjacent to an activating group) is 1. The van der Waals surface area contributed by atoms with Gasteiger partial charge in [-0.05, 0) is 43.3 Å². The number of ketones is 1. The summed E-state index contributed by atoms with van der Waals surface area (Å²) in [7, 11) is 2.54. The molecule has 1 unspecified atom stereocenters. The minimum absolute atomic E-state index is 0.133. The van der Waals surface area contributed by atoms with Crippen LogP contribution >= 0.6 is 0 Å². The van der Waals surface area contributed by atoms with E-state index >= 15 is 0 Å². The average Bonchev–Trinajstić information content (AvgIpc) is 2.77. The number of methoxy groups -OCH3 is 1. The van der Waals surface area contributed by atoms with E-state index in [1.165, 1.54) is 38.4 Å². The first-order chi connectivity index (χ1) is 14.4. The molecule has 0 fully saturated rings. The smallest absolute Gasteiger partial charge is 0.410 e. The standard InChI is InChI=1S/C22H23NO7/c1-4-29-22(27)23(2)18(21(26)28-3)14-19(24)15-10-12-17(13-11-15)30-20(25)16-8-6-5-7-9-16/h5-13,18H,4,14H2,1-3H3. The molecule has 8 heteroatoms. The summed E-state index contributed by atoms with van der Waals surface area (Å²) in [5.74, 6) is -1.36. The van der Waals surface area contributed by atoms with Gasteiger partial charge in [0.25, 0.3) is 0 Å². The van der Waals surface area contributed by atoms with Crippen molar-refractivity contribution in [1.82, 2.24) is 4.90 Å². The Labute approximate surface area is 174 Å². The zero-order valence-corrected chi connectivity index (χ0v) is 17.0. The Bertz CT molecular complexity index is 893. The summed E-state index contributed by atoms with van der Waals surface area (Å²) in [4.78, 5) is 49.7. The van der Waals surface area contributed by atoms with Gasteiger partial charge in [0.2, 0.25) is 0 Å². The number of amides is 1. The molecule has 0 aliphatic heterocycles. The van der Waals surface area contributed by atoms with Gasteiger partial charge in [-0.3, -0.25) is 9.69 Å². The summed E-state index contributed by atoms with van der Waals surface area (Å²) in [6.45, 7) is 1.77. The summed E-state index contributed by atoms with van der Waals surface area (Å²) in [5.41, 5.74) is 0.696. The molecule has 2 aromatic carbocycles. The van der Waals surface area contributed by atoms with E-state index in [0.29, 0.717) is 11.1 Å². The molecule has 2 aromatic rings. The number of rotatable bonds is 8. The quantitative estimate of drug-likeness (QED) is 0.372. The second-order valence-corrected chi connectivity index (χ2v) is 6.26. The zero-order valence-electron chi connectivity index (χ0n) is 17.0. The van der Waals surface area contributed by atoms with Crippen LogP contribution in [0.25, 0.3) is 0 Å². The predicted molar refractivity (Wildman–Crippen MR) is 107 cm³/mol. The van der Waals surface area contributed by atoms with Crippen molar-refractivity contribution in [3.05, 3.63) is 65.7 Å². The third-order valence-corrected chi connectivity index (χ3v) is 4.27. The van der Waals surface area contributed by atoms with Crippen LogP contribution in [0.4, 0.5) is 4.79 Å². The van der Waals surface area contributed by atoms with Gasteiger partial charge in [-0.25, -0.2) is 14.4 Å². The Hall–Kier alpha value is -3.68. The number of hydrogen-bond donors (Lipinski definition) is 0. The van der Waals surface area contributed by atoms with E-state index < -0.39 is 24.1 Å². The van der Waals surface area contributed by atoms with Gasteiger partial charge >= 0.3 is 18.0 Å². The van der Waals surface area contributed by atoms with E-state index in [0.717, 1.165) is 4.90 Å². The minimum Gasteiger partial charge on any atom is -0.467 e. The number of hydrogen-bond acceptors (Lipinski definition) is 7. The fourth-order valence-corrected chi connectivity index (χ4v) is 2.61. The monoisotopic (exact) mass is 413 g/mol. The topological polar surface area (TPSA) is 99.2 Å². The van der Waals surface area contributed by atoms with Crippen molar-refractivity contribution in [1.29, 1.82) is 0 Å². The van der Waals surface area contributed by atoms with Crippen LogP contribution in [-0.4, -0.2) is 55.5 Å². The van der Waals surface area contributed by atoms with E-state index in [4.69, 9.17) is 14.2 Å². The van der Waals surface area contributed by atoms with E-state index in [1.54, 1.807) is 37.3 Å². The second-order valence-electron chi connectivity index (χ2n) is 6.26. The molecular weight excluding hydrogens is 390 g/mol. The molecule has 30 heavy (non-hydrogen) atoms. The molecule has 2 rings (SSSR count). The molecule has 0 saturated carbocycles. The fraction of sp³-hybridized carbons (Fsp3) is 0.273. The summed E-state index contributed by atoms with van der Waals surface area (Å²) in [5, 5.41) is 0. The van der Waals surface area contributed by atoms with Crippen LogP contribution in [0.15, 0.2) is 54.6 Å². The highest BCUT2D eigenvalue weighted by molar-refractivity contribution is 5.99. The summed E-state index contributed by atoms with van der Waals surface area (Å²) in [6.07, 6.45) is -1.02. The maximum Gasteiger partial charge on any atom is 0.410 e. The maximum atomic E-state index is 12.6. The van der Waals surface area contributed by atoms with Crippen molar-refractivity contribution < 1.29 is 33.4 Å². The van der Waals surface area contributed by atoms with Crippen LogP contribution in [-0.2, 0) is 14.3 Å². The Morgan fingerprint density at radius 3 is 2.13 bits per heavy atom. The molecule has 8 nitrogen and oxygen atoms in total. The van der Waals surface area contributed by atoms with E-state index in [9.17, 15) is 19.2 Å². The lowest BCUT2D eigenvalue weighted by Gasteiger charge is -2.24. The molecule has 158 valence electrons. The van der Waals surface area contributed by atoms with Gasteiger partial charge in [0, 0.05) is 19.0 Å². The lowest BCUT2D eigenvalue weighted by molar-refractivity contribution is -0.145. The number of carbonyl (C=O) groups excluding carboxylic acids is 4. The third-order valence-electron chi connectivity index (χ3n) is 4.27. The van der Waals surface area contributed by atoms with Crippen LogP contribution in [0, 0.1) is 0 Å². The highest BCUT2D eigenvalue weighted by atomic mass is 16.6. The first-order valence-electron chi connectivity index (χ1n) is 9.25. The molecule has 1 amide bonds. The summed E-state index contributed by atoms with van der Waals surface area (Å²) in [6, 6.07) is 13.3. The molecule has 0 saturated heterocycles. The fourth-order valence-electron chi connectivity index (χ4n) is 2.61. The molecule has 0 heterocycles. The van der Waals surface area contributed by atoms with Crippen LogP contribution in [0.3, 0.4) is 0 Å². The maximum absolute atomic E-state index is 12.6. The number of benzene rings is 2. The number of carbonyl (C=O) groups is 4. The largest absolute Gasteiger partial charge is 0.467 e. The first-order valence-corrected chi connectivity index (χ1v) is 9.25. The van der Waals surface area contributed by atoms with E-state index in [-0.39, 0.29) is 24.6 Å². The summed E-state index contributed by atoms with van der Waals surface area (Å²) >= 11 is 0. The lowest BCUT2D eigenvalue weighted by atomic mass is 10.0. The molecule has 0 aliphatic rings. The van der Waals surface area contributed by atoms with E-state index in [2.05, 4.69) is 0 Å². The average molecular weight is 413 g/mol. The zero-order chi connectivity index (χ0) is 22.1. The van der Waals surface area contributed by atoms with Gasteiger partial charge in [0.15, 0.2) is 5.78 Å². The van der Waals surface area contributed by atoms with Crippen molar-refractivity contribution in [3.63, 3.8) is 0 Å². The van der Waals surface area contributed by atoms with Crippen molar-refractivity contribution in [2.45, 2.75) is 19.4 Å². The second kappa shape index (κ2) is 10.8. The first kappa shape index (κ1) is 22.6. The minimum atomic E-state index is -1.13. The normalized spacial score (nSPS) is 11.2. The molecule has 1 atom stereocenters. The molecule has 0 radical (unpaired) electrons. The Morgan fingerprint density at radius 2 is 1.57 bits per heavy atom. The molecular formula is C22H23NO7. The molecule has 0 aliphatic carbocycles. The third kappa shape index (κ3) is 5.91. The lowest BCUT2D eigenvalue weighted by Crippen LogP contribution is -2.44. The van der Waals surface area contributed by atoms with Crippen LogP contribution < -0.4 is 4.74 Å². The van der Waals surface area contributed by atoms with Crippen molar-refractivity contribution in [3.8, 4) is 5.75 Å². The van der Waals surface area contributed by atoms with Crippen LogP contribution in [0.5, 0.6) is 5.75 Å². The van der Waals surface area contributed by atoms with Crippen LogP contribution in [0.1, 0.15) is 34.1 Å². The van der Waals surface area contributed by atoms with Crippen molar-refractivity contribution in [2.75, 3.05) is 20.8 Å². The predicted octanol–water partition coefficient (Wildman–Crippen LogP) is 3.11. The molecule has 0 aromatic heterocycles. The Morgan fingerprint density at radius 1 is 0.933 bits per heavy atom. The van der Waals surface area contributed by atoms with Gasteiger partial charge in [-0.2, -0.15) is 0 Å². The Balaban J connectivity index is 2.07. The van der Waals surface area contributed by atoms with Crippen molar-refractivity contribution >= 4 is 23.8 Å². The molecule has 0 spiro atoms. The molecule has 0 N–H and O–H groups in total. The molecule has 0 bridgehead atoms.